The predicted octanol–water partition coefficient (Wildman–Crippen LogP) is 4.26. The van der Waals surface area contributed by atoms with E-state index in [2.05, 4.69) is 36.8 Å². The molecule has 1 aliphatic carbocycles. The summed E-state index contributed by atoms with van der Waals surface area (Å²) < 4.78 is 2.20. The molecule has 1 aliphatic rings. The van der Waals surface area contributed by atoms with Gasteiger partial charge in [0.2, 0.25) is 0 Å². The van der Waals surface area contributed by atoms with Crippen LogP contribution >= 0.6 is 31.9 Å². The Morgan fingerprint density at radius 3 is 2.54 bits per heavy atom. The Balaban J connectivity index is 2.37. The fraction of sp³-hybridized carbons (Fsp3) is 0.500. The van der Waals surface area contributed by atoms with Gasteiger partial charge in [-0.3, -0.25) is 0 Å². The predicted molar refractivity (Wildman–Crippen MR) is 60.8 cm³/mol. The van der Waals surface area contributed by atoms with E-state index in [0.717, 1.165) is 4.60 Å². The molecule has 1 saturated carbocycles. The quantitative estimate of drug-likeness (QED) is 0.706. The number of aromatic nitrogens is 1. The molecule has 0 N–H and O–H groups in total. The zero-order valence-corrected chi connectivity index (χ0v) is 10.4. The Bertz CT molecular complexity index is 286. The molecule has 70 valence electrons. The van der Waals surface area contributed by atoms with Gasteiger partial charge in [-0.1, -0.05) is 28.8 Å². The zero-order chi connectivity index (χ0) is 9.26. The Kier molecular flexibility index (Phi) is 3.04. The van der Waals surface area contributed by atoms with Crippen LogP contribution in [0.25, 0.3) is 0 Å². The van der Waals surface area contributed by atoms with Crippen molar-refractivity contribution in [3.63, 3.8) is 0 Å². The van der Waals surface area contributed by atoms with Gasteiger partial charge in [0, 0.05) is 16.2 Å². The lowest BCUT2D eigenvalue weighted by atomic mass is 10.00. The zero-order valence-electron chi connectivity index (χ0n) is 7.26. The number of halogens is 2. The Labute approximate surface area is 95.2 Å². The van der Waals surface area contributed by atoms with E-state index in [9.17, 15) is 0 Å². The van der Waals surface area contributed by atoms with Crippen LogP contribution in [-0.4, -0.2) is 4.98 Å². The van der Waals surface area contributed by atoms with Crippen LogP contribution in [0.2, 0.25) is 0 Å². The minimum absolute atomic E-state index is 0.706. The maximum atomic E-state index is 4.27. The Hall–Kier alpha value is 0.110. The molecule has 13 heavy (non-hydrogen) atoms. The summed E-state index contributed by atoms with van der Waals surface area (Å²) in [4.78, 5) is 4.27. The van der Waals surface area contributed by atoms with Crippen LogP contribution in [0.1, 0.15) is 37.2 Å². The SMILES string of the molecule is Brc1ccnc(Br)c1C1CCCC1. The van der Waals surface area contributed by atoms with Crippen LogP contribution in [0.15, 0.2) is 21.3 Å². The van der Waals surface area contributed by atoms with Crippen molar-refractivity contribution in [1.29, 1.82) is 0 Å². The molecule has 1 fully saturated rings. The van der Waals surface area contributed by atoms with E-state index in [1.165, 1.54) is 35.7 Å². The number of rotatable bonds is 1. The van der Waals surface area contributed by atoms with Gasteiger partial charge in [0.25, 0.3) is 0 Å². The molecule has 3 heteroatoms. The van der Waals surface area contributed by atoms with E-state index in [4.69, 9.17) is 0 Å². The van der Waals surface area contributed by atoms with Crippen LogP contribution in [0, 0.1) is 0 Å². The van der Waals surface area contributed by atoms with E-state index in [-0.39, 0.29) is 0 Å². The lowest BCUT2D eigenvalue weighted by molar-refractivity contribution is 0.710. The Morgan fingerprint density at radius 1 is 1.23 bits per heavy atom. The molecule has 0 aromatic carbocycles. The second-order valence-corrected chi connectivity index (χ2v) is 5.08. The van der Waals surface area contributed by atoms with Crippen molar-refractivity contribution in [3.05, 3.63) is 26.9 Å². The number of hydrogen-bond donors (Lipinski definition) is 0. The topological polar surface area (TPSA) is 12.9 Å². The maximum absolute atomic E-state index is 4.27. The standard InChI is InChI=1S/C10H11Br2N/c11-8-5-6-13-10(12)9(8)7-3-1-2-4-7/h5-7H,1-4H2. The third kappa shape index (κ3) is 1.96. The molecule has 0 atom stereocenters. The molecule has 1 nitrogen and oxygen atoms in total. The summed E-state index contributed by atoms with van der Waals surface area (Å²) >= 11 is 7.10. The monoisotopic (exact) mass is 303 g/mol. The van der Waals surface area contributed by atoms with Crippen molar-refractivity contribution in [2.24, 2.45) is 0 Å². The van der Waals surface area contributed by atoms with Gasteiger partial charge in [-0.05, 0) is 40.8 Å². The van der Waals surface area contributed by atoms with E-state index >= 15 is 0 Å². The van der Waals surface area contributed by atoms with E-state index in [1.807, 2.05) is 12.3 Å². The largest absolute Gasteiger partial charge is 0.249 e. The van der Waals surface area contributed by atoms with Gasteiger partial charge in [-0.2, -0.15) is 0 Å². The molecule has 0 spiro atoms. The second kappa shape index (κ2) is 4.09. The van der Waals surface area contributed by atoms with Crippen LogP contribution in [0.3, 0.4) is 0 Å². The number of pyridine rings is 1. The third-order valence-corrected chi connectivity index (χ3v) is 3.98. The van der Waals surface area contributed by atoms with Crippen LogP contribution in [0.4, 0.5) is 0 Å². The average molecular weight is 305 g/mol. The highest BCUT2D eigenvalue weighted by Crippen LogP contribution is 2.40. The molecule has 0 saturated heterocycles. The summed E-state index contributed by atoms with van der Waals surface area (Å²) in [6, 6.07) is 2.03. The third-order valence-electron chi connectivity index (χ3n) is 2.65. The summed E-state index contributed by atoms with van der Waals surface area (Å²) in [7, 11) is 0. The van der Waals surface area contributed by atoms with Crippen molar-refractivity contribution in [2.75, 3.05) is 0 Å². The van der Waals surface area contributed by atoms with Crippen LogP contribution in [0.5, 0.6) is 0 Å². The molecule has 1 heterocycles. The van der Waals surface area contributed by atoms with Gasteiger partial charge >= 0.3 is 0 Å². The summed E-state index contributed by atoms with van der Waals surface area (Å²) in [5.74, 6) is 0.706. The van der Waals surface area contributed by atoms with Gasteiger partial charge in [0.1, 0.15) is 4.60 Å². The lowest BCUT2D eigenvalue weighted by Crippen LogP contribution is -1.96. The average Bonchev–Trinajstić information content (AvgIpc) is 2.57. The van der Waals surface area contributed by atoms with Crippen molar-refractivity contribution in [1.82, 2.24) is 4.98 Å². The number of hydrogen-bond acceptors (Lipinski definition) is 1. The number of nitrogens with zero attached hydrogens (tertiary/aromatic N) is 1. The summed E-state index contributed by atoms with van der Waals surface area (Å²) in [6.07, 6.45) is 7.16. The van der Waals surface area contributed by atoms with Crippen LogP contribution < -0.4 is 0 Å². The van der Waals surface area contributed by atoms with Crippen molar-refractivity contribution < 1.29 is 0 Å². The van der Waals surface area contributed by atoms with Crippen molar-refractivity contribution in [2.45, 2.75) is 31.6 Å². The first-order chi connectivity index (χ1) is 6.29. The van der Waals surface area contributed by atoms with E-state index in [0.29, 0.717) is 5.92 Å². The minimum Gasteiger partial charge on any atom is -0.249 e. The lowest BCUT2D eigenvalue weighted by Gasteiger charge is -2.12. The fourth-order valence-corrected chi connectivity index (χ4v) is 3.56. The van der Waals surface area contributed by atoms with Gasteiger partial charge in [0.05, 0.1) is 0 Å². The van der Waals surface area contributed by atoms with Crippen molar-refractivity contribution >= 4 is 31.9 Å². The molecular formula is C10H11Br2N. The smallest absolute Gasteiger partial charge is 0.110 e. The highest BCUT2D eigenvalue weighted by atomic mass is 79.9. The normalized spacial score (nSPS) is 18.0. The van der Waals surface area contributed by atoms with Gasteiger partial charge < -0.3 is 0 Å². The fourth-order valence-electron chi connectivity index (χ4n) is 2.00. The van der Waals surface area contributed by atoms with E-state index in [1.54, 1.807) is 0 Å². The molecule has 0 amide bonds. The maximum Gasteiger partial charge on any atom is 0.110 e. The van der Waals surface area contributed by atoms with Crippen LogP contribution in [-0.2, 0) is 0 Å². The molecule has 0 bridgehead atoms. The molecule has 0 unspecified atom stereocenters. The van der Waals surface area contributed by atoms with Gasteiger partial charge in [0.15, 0.2) is 0 Å². The molecule has 1 aromatic rings. The molecule has 1 aromatic heterocycles. The van der Waals surface area contributed by atoms with E-state index < -0.39 is 0 Å². The highest BCUT2D eigenvalue weighted by molar-refractivity contribution is 9.11. The molecule has 2 rings (SSSR count). The molecular weight excluding hydrogens is 294 g/mol. The molecule has 0 aliphatic heterocycles. The van der Waals surface area contributed by atoms with Crippen molar-refractivity contribution in [3.8, 4) is 0 Å². The summed E-state index contributed by atoms with van der Waals surface area (Å²) in [5.41, 5.74) is 1.36. The first kappa shape index (κ1) is 9.66. The van der Waals surface area contributed by atoms with Gasteiger partial charge in [-0.25, -0.2) is 4.98 Å². The first-order valence-corrected chi connectivity index (χ1v) is 6.17. The van der Waals surface area contributed by atoms with Gasteiger partial charge in [-0.15, -0.1) is 0 Å². The Morgan fingerprint density at radius 2 is 1.92 bits per heavy atom. The highest BCUT2D eigenvalue weighted by Gasteiger charge is 2.21. The minimum atomic E-state index is 0.706. The summed E-state index contributed by atoms with van der Waals surface area (Å²) in [6.45, 7) is 0. The first-order valence-electron chi connectivity index (χ1n) is 4.59. The summed E-state index contributed by atoms with van der Waals surface area (Å²) in [5, 5.41) is 0. The second-order valence-electron chi connectivity index (χ2n) is 3.48. The molecule has 0 radical (unpaired) electrons.